The summed E-state index contributed by atoms with van der Waals surface area (Å²) in [5.74, 6) is -2.82. The fourth-order valence-corrected chi connectivity index (χ4v) is 6.76. The van der Waals surface area contributed by atoms with Gasteiger partial charge < -0.3 is 19.7 Å². The molecule has 6 aromatic rings. The van der Waals surface area contributed by atoms with E-state index in [2.05, 4.69) is 15.3 Å². The molecule has 4 heterocycles. The summed E-state index contributed by atoms with van der Waals surface area (Å²) in [7, 11) is 1.51. The lowest BCUT2D eigenvalue weighted by Crippen LogP contribution is -2.53. The van der Waals surface area contributed by atoms with Crippen LogP contribution >= 0.6 is 0 Å². The number of hydrogen-bond acceptors (Lipinski definition) is 9. The predicted octanol–water partition coefficient (Wildman–Crippen LogP) is 4.79. The van der Waals surface area contributed by atoms with Gasteiger partial charge in [0.1, 0.15) is 23.7 Å². The van der Waals surface area contributed by atoms with Crippen LogP contribution in [0, 0.1) is 12.7 Å². The zero-order valence-electron chi connectivity index (χ0n) is 29.3. The van der Waals surface area contributed by atoms with Crippen molar-refractivity contribution in [2.24, 2.45) is 7.05 Å². The summed E-state index contributed by atoms with van der Waals surface area (Å²) in [5, 5.41) is 3.25. The summed E-state index contributed by atoms with van der Waals surface area (Å²) in [6.07, 6.45) is -0.530. The zero-order valence-corrected chi connectivity index (χ0v) is 29.3. The molecule has 0 saturated carbocycles. The number of fused-ring (bicyclic) bond motifs is 2. The van der Waals surface area contributed by atoms with Gasteiger partial charge in [-0.3, -0.25) is 24.1 Å². The number of aryl methyl sites for hydroxylation is 2. The fraction of sp³-hybridized carbons (Fsp3) is 0.231. The van der Waals surface area contributed by atoms with E-state index < -0.39 is 59.4 Å². The smallest absolute Gasteiger partial charge is 0.411 e. The summed E-state index contributed by atoms with van der Waals surface area (Å²) in [6.45, 7) is 0.607. The van der Waals surface area contributed by atoms with E-state index in [-0.39, 0.29) is 53.2 Å². The highest BCUT2D eigenvalue weighted by Crippen LogP contribution is 2.33. The van der Waals surface area contributed by atoms with E-state index >= 15 is 4.39 Å². The Morgan fingerprint density at radius 1 is 1.02 bits per heavy atom. The van der Waals surface area contributed by atoms with Crippen LogP contribution in [0.1, 0.15) is 21.5 Å². The number of carbonyl (C=O) groups excluding carboxylic acids is 2. The van der Waals surface area contributed by atoms with Crippen molar-refractivity contribution in [2.45, 2.75) is 31.6 Å². The summed E-state index contributed by atoms with van der Waals surface area (Å²) in [5.41, 5.74) is -0.548. The molecule has 3 aromatic carbocycles. The third kappa shape index (κ3) is 7.15. The molecule has 1 N–H and O–H groups in total. The Morgan fingerprint density at radius 3 is 2.55 bits per heavy atom. The summed E-state index contributed by atoms with van der Waals surface area (Å²) < 4.78 is 70.1. The molecular weight excluding hydrogens is 724 g/mol. The molecule has 12 nitrogen and oxygen atoms in total. The number of nitrogens with one attached hydrogen (secondary N) is 1. The molecule has 2 atom stereocenters. The molecule has 7 rings (SSSR count). The van der Waals surface area contributed by atoms with E-state index in [9.17, 15) is 32.3 Å². The minimum Gasteiger partial charge on any atom is -0.425 e. The second kappa shape index (κ2) is 14.8. The van der Waals surface area contributed by atoms with Gasteiger partial charge in [0.25, 0.3) is 11.5 Å². The van der Waals surface area contributed by atoms with Gasteiger partial charge in [-0.15, -0.1) is 0 Å². The SMILES string of the molecule is Cc1cc(N2CCOC[C@@H]2C(F)(F)F)cc(F)c1C(=O)N[C@@H](Cc1ccc(-n2c(=O)c3ccncc3n(C)c2=O)c2ncccc12)C(=O)Oc1ccccc1. The largest absolute Gasteiger partial charge is 0.425 e. The van der Waals surface area contributed by atoms with E-state index in [0.29, 0.717) is 16.5 Å². The average molecular weight is 757 g/mol. The number of esters is 1. The average Bonchev–Trinajstić information content (AvgIpc) is 3.17. The molecule has 1 aliphatic heterocycles. The lowest BCUT2D eigenvalue weighted by atomic mass is 9.99. The van der Waals surface area contributed by atoms with Gasteiger partial charge in [0.2, 0.25) is 0 Å². The number of amides is 1. The third-order valence-corrected chi connectivity index (χ3v) is 9.47. The molecule has 282 valence electrons. The number of halogens is 4. The van der Waals surface area contributed by atoms with Gasteiger partial charge in [-0.25, -0.2) is 18.5 Å². The molecule has 0 bridgehead atoms. The number of anilines is 1. The molecule has 1 aliphatic rings. The Hall–Kier alpha value is -6.42. The molecule has 0 spiro atoms. The number of morpholine rings is 1. The maximum Gasteiger partial charge on any atom is 0.411 e. The first-order valence-corrected chi connectivity index (χ1v) is 17.0. The number of rotatable bonds is 8. The third-order valence-electron chi connectivity index (χ3n) is 9.47. The number of carbonyl (C=O) groups is 2. The standard InChI is InChI=1S/C39H32F4N6O6/c1-22-17-24(48-15-16-54-21-32(48)39(41,42)43)19-28(40)33(22)35(50)46-29(37(52)55-25-7-4-3-5-8-25)18-23-10-11-30(34-26(23)9-6-13-45-34)49-36(51)27-12-14-44-20-31(27)47(2)38(49)53/h3-14,17,19-20,29,32H,15-16,18,21H2,1-2H3,(H,46,50)/t29-,32+/m0/s1. The maximum absolute atomic E-state index is 15.8. The van der Waals surface area contributed by atoms with Crippen LogP contribution in [0.15, 0.2) is 101 Å². The van der Waals surface area contributed by atoms with E-state index in [0.717, 1.165) is 15.5 Å². The van der Waals surface area contributed by atoms with Gasteiger partial charge in [-0.2, -0.15) is 13.2 Å². The molecule has 0 radical (unpaired) electrons. The number of pyridine rings is 2. The topological polar surface area (TPSA) is 138 Å². The van der Waals surface area contributed by atoms with Gasteiger partial charge >= 0.3 is 17.8 Å². The van der Waals surface area contributed by atoms with Gasteiger partial charge in [0.05, 0.1) is 47.1 Å². The second-order valence-corrected chi connectivity index (χ2v) is 12.9. The van der Waals surface area contributed by atoms with Crippen LogP contribution in [0.3, 0.4) is 0 Å². The van der Waals surface area contributed by atoms with Crippen LogP contribution in [-0.4, -0.2) is 69.0 Å². The number of benzene rings is 3. The number of alkyl halides is 3. The van der Waals surface area contributed by atoms with Crippen molar-refractivity contribution in [3.05, 3.63) is 135 Å². The minimum absolute atomic E-state index is 0.000756. The highest BCUT2D eigenvalue weighted by atomic mass is 19.4. The van der Waals surface area contributed by atoms with Crippen molar-refractivity contribution < 1.29 is 36.6 Å². The highest BCUT2D eigenvalue weighted by Gasteiger charge is 2.45. The minimum atomic E-state index is -4.65. The summed E-state index contributed by atoms with van der Waals surface area (Å²) in [4.78, 5) is 64.2. The Bertz CT molecular complexity index is 2550. The Balaban J connectivity index is 1.26. The van der Waals surface area contributed by atoms with Crippen LogP contribution in [0.2, 0.25) is 0 Å². The van der Waals surface area contributed by atoms with Gasteiger partial charge in [0.15, 0.2) is 0 Å². The molecule has 1 amide bonds. The van der Waals surface area contributed by atoms with Gasteiger partial charge in [0, 0.05) is 43.5 Å². The van der Waals surface area contributed by atoms with Crippen LogP contribution in [0.4, 0.5) is 23.2 Å². The number of aromatic nitrogens is 4. The number of hydrogen-bond donors (Lipinski definition) is 1. The quantitative estimate of drug-likeness (QED) is 0.132. The molecule has 1 saturated heterocycles. The highest BCUT2D eigenvalue weighted by molar-refractivity contribution is 5.99. The lowest BCUT2D eigenvalue weighted by molar-refractivity contribution is -0.167. The van der Waals surface area contributed by atoms with Crippen molar-refractivity contribution >= 4 is 39.4 Å². The first-order chi connectivity index (χ1) is 26.3. The second-order valence-electron chi connectivity index (χ2n) is 12.9. The summed E-state index contributed by atoms with van der Waals surface area (Å²) in [6, 6.07) is 14.6. The first-order valence-electron chi connectivity index (χ1n) is 17.0. The fourth-order valence-electron chi connectivity index (χ4n) is 6.76. The van der Waals surface area contributed by atoms with Crippen molar-refractivity contribution in [3.63, 3.8) is 0 Å². The number of para-hydroxylation sites is 1. The van der Waals surface area contributed by atoms with Crippen LogP contribution in [0.25, 0.3) is 27.5 Å². The number of nitrogens with zero attached hydrogens (tertiary/aromatic N) is 5. The molecule has 1 fully saturated rings. The maximum atomic E-state index is 15.8. The molecule has 3 aromatic heterocycles. The molecule has 16 heteroatoms. The van der Waals surface area contributed by atoms with Crippen molar-refractivity contribution in [2.75, 3.05) is 24.7 Å². The van der Waals surface area contributed by atoms with Gasteiger partial charge in [-0.1, -0.05) is 30.3 Å². The zero-order chi connectivity index (χ0) is 39.0. The van der Waals surface area contributed by atoms with Crippen molar-refractivity contribution in [1.82, 2.24) is 24.4 Å². The molecular formula is C39H32F4N6O6. The van der Waals surface area contributed by atoms with Crippen LogP contribution < -0.4 is 26.2 Å². The molecule has 55 heavy (non-hydrogen) atoms. The predicted molar refractivity (Wildman–Crippen MR) is 194 cm³/mol. The van der Waals surface area contributed by atoms with Crippen molar-refractivity contribution in [3.8, 4) is 11.4 Å². The van der Waals surface area contributed by atoms with E-state index in [4.69, 9.17) is 9.47 Å². The number of ether oxygens (including phenoxy) is 2. The molecule has 0 aliphatic carbocycles. The van der Waals surface area contributed by atoms with E-state index in [1.165, 1.54) is 67.5 Å². The Kier molecular flexibility index (Phi) is 9.92. The van der Waals surface area contributed by atoms with Crippen LogP contribution in [-0.2, 0) is 23.0 Å². The van der Waals surface area contributed by atoms with Gasteiger partial charge in [-0.05, 0) is 60.5 Å². The van der Waals surface area contributed by atoms with E-state index in [1.807, 2.05) is 0 Å². The van der Waals surface area contributed by atoms with Crippen molar-refractivity contribution in [1.29, 1.82) is 0 Å². The van der Waals surface area contributed by atoms with Crippen LogP contribution in [0.5, 0.6) is 5.75 Å². The Morgan fingerprint density at radius 2 is 1.80 bits per heavy atom. The lowest BCUT2D eigenvalue weighted by Gasteiger charge is -2.38. The summed E-state index contributed by atoms with van der Waals surface area (Å²) >= 11 is 0. The normalized spacial score (nSPS) is 15.2. The van der Waals surface area contributed by atoms with E-state index in [1.54, 1.807) is 36.4 Å². The first kappa shape index (κ1) is 36.9. The monoisotopic (exact) mass is 756 g/mol. The Labute approximate surface area is 309 Å². The molecule has 0 unspecified atom stereocenters.